The zero-order chi connectivity index (χ0) is 27.0. The number of furan rings is 1. The van der Waals surface area contributed by atoms with Crippen molar-refractivity contribution in [3.8, 4) is 11.3 Å². The van der Waals surface area contributed by atoms with Gasteiger partial charge in [0.2, 0.25) is 0 Å². The number of aliphatic hydroxyl groups is 1. The second-order valence-electron chi connectivity index (χ2n) is 11.3. The zero-order valence-corrected chi connectivity index (χ0v) is 25.5. The molecule has 0 saturated heterocycles. The number of rotatable bonds is 3. The molecule has 1 saturated carbocycles. The molecule has 2 aromatic heterocycles. The van der Waals surface area contributed by atoms with Crippen molar-refractivity contribution in [3.63, 3.8) is 0 Å². The third kappa shape index (κ3) is 6.16. The van der Waals surface area contributed by atoms with Gasteiger partial charge < -0.3 is 14.5 Å². The minimum atomic E-state index is -0.125. The van der Waals surface area contributed by atoms with Gasteiger partial charge in [0.1, 0.15) is 5.58 Å². The van der Waals surface area contributed by atoms with E-state index < -0.39 is 0 Å². The van der Waals surface area contributed by atoms with E-state index in [1.165, 1.54) is 50.1 Å². The zero-order valence-electron chi connectivity index (χ0n) is 23.1. The van der Waals surface area contributed by atoms with Crippen LogP contribution in [0.5, 0.6) is 0 Å². The summed E-state index contributed by atoms with van der Waals surface area (Å²) >= 11 is 0. The van der Waals surface area contributed by atoms with E-state index in [0.29, 0.717) is 11.3 Å². The molecule has 0 spiro atoms. The van der Waals surface area contributed by atoms with Crippen LogP contribution in [0.1, 0.15) is 64.0 Å². The van der Waals surface area contributed by atoms with Gasteiger partial charge in [0.15, 0.2) is 5.78 Å². The molecule has 1 aliphatic rings. The molecule has 1 atom stereocenters. The minimum absolute atomic E-state index is 0. The van der Waals surface area contributed by atoms with Crippen LogP contribution < -0.4 is 0 Å². The summed E-state index contributed by atoms with van der Waals surface area (Å²) in [5.41, 5.74) is 6.68. The Kier molecular flexibility index (Phi) is 8.44. The van der Waals surface area contributed by atoms with Crippen molar-refractivity contribution in [2.45, 2.75) is 59.8 Å². The van der Waals surface area contributed by atoms with Crippen LogP contribution in [0.4, 0.5) is 0 Å². The number of aryl methyl sites for hydroxylation is 1. The molecule has 0 aliphatic heterocycles. The van der Waals surface area contributed by atoms with Crippen LogP contribution >= 0.6 is 0 Å². The van der Waals surface area contributed by atoms with E-state index in [9.17, 15) is 4.79 Å². The van der Waals surface area contributed by atoms with Gasteiger partial charge in [-0.3, -0.25) is 4.79 Å². The van der Waals surface area contributed by atoms with E-state index in [4.69, 9.17) is 14.5 Å². The van der Waals surface area contributed by atoms with Gasteiger partial charge in [0.25, 0.3) is 0 Å². The van der Waals surface area contributed by atoms with Gasteiger partial charge in [-0.25, -0.2) is 0 Å². The Hall–Kier alpha value is -3.27. The van der Waals surface area contributed by atoms with Gasteiger partial charge in [-0.1, -0.05) is 68.1 Å². The molecule has 3 aromatic carbocycles. The topological polar surface area (TPSA) is 63.3 Å². The fourth-order valence-electron chi connectivity index (χ4n) is 5.73. The Balaban J connectivity index is 0.000000394. The molecule has 6 rings (SSSR count). The van der Waals surface area contributed by atoms with Crippen LogP contribution in [-0.4, -0.2) is 15.9 Å². The first-order valence-corrected chi connectivity index (χ1v) is 13.2. The fraction of sp³-hybridized carbons (Fsp3) is 0.294. The summed E-state index contributed by atoms with van der Waals surface area (Å²) in [6.45, 7) is 9.72. The smallest absolute Gasteiger partial charge is 0.155 e. The van der Waals surface area contributed by atoms with Crippen molar-refractivity contribution in [2.75, 3.05) is 0 Å². The number of hydrogen-bond acceptors (Lipinski definition) is 4. The number of benzene rings is 3. The van der Waals surface area contributed by atoms with E-state index in [2.05, 4.69) is 69.3 Å². The second kappa shape index (κ2) is 11.5. The predicted octanol–water partition coefficient (Wildman–Crippen LogP) is 9.24. The molecule has 5 heteroatoms. The van der Waals surface area contributed by atoms with Crippen molar-refractivity contribution in [2.24, 2.45) is 5.41 Å². The third-order valence-corrected chi connectivity index (χ3v) is 7.42. The number of para-hydroxylation sites is 1. The van der Waals surface area contributed by atoms with Crippen LogP contribution in [0.2, 0.25) is 0 Å². The molecule has 4 nitrogen and oxygen atoms in total. The molecule has 5 aromatic rings. The second-order valence-corrected chi connectivity index (χ2v) is 11.3. The van der Waals surface area contributed by atoms with Crippen molar-refractivity contribution in [3.05, 3.63) is 89.8 Å². The van der Waals surface area contributed by atoms with Gasteiger partial charge in [-0.05, 0) is 78.6 Å². The molecule has 1 fully saturated rings. The number of fused-ring (bicyclic) bond motifs is 4. The Bertz CT molecular complexity index is 1690. The van der Waals surface area contributed by atoms with Crippen LogP contribution in [0.25, 0.3) is 44.0 Å². The number of pyridine rings is 1. The molecule has 1 radical (unpaired) electrons. The van der Waals surface area contributed by atoms with E-state index in [-0.39, 0.29) is 31.6 Å². The molecule has 0 bridgehead atoms. The van der Waals surface area contributed by atoms with Crippen molar-refractivity contribution in [1.82, 2.24) is 4.98 Å². The number of aromatic nitrogens is 1. The number of allylic oxidation sites excluding steroid dienone is 2. The molecule has 1 aliphatic carbocycles. The molecule has 39 heavy (non-hydrogen) atoms. The van der Waals surface area contributed by atoms with E-state index >= 15 is 0 Å². The minimum Gasteiger partial charge on any atom is -0.512 e. The van der Waals surface area contributed by atoms with Gasteiger partial charge in [-0.2, -0.15) is 0 Å². The summed E-state index contributed by atoms with van der Waals surface area (Å²) in [5.74, 6) is 0.594. The number of ketones is 1. The summed E-state index contributed by atoms with van der Waals surface area (Å²) in [5, 5.41) is 13.0. The van der Waals surface area contributed by atoms with Gasteiger partial charge in [0.05, 0.1) is 11.3 Å². The van der Waals surface area contributed by atoms with E-state index in [1.54, 1.807) is 0 Å². The van der Waals surface area contributed by atoms with Gasteiger partial charge >= 0.3 is 0 Å². The summed E-state index contributed by atoms with van der Waals surface area (Å²) in [4.78, 5) is 14.8. The quantitative estimate of drug-likeness (QED) is 0.116. The molecular weight excluding hydrogens is 663 g/mol. The van der Waals surface area contributed by atoms with E-state index in [1.807, 2.05) is 18.3 Å². The van der Waals surface area contributed by atoms with Crippen LogP contribution in [0.15, 0.2) is 77.0 Å². The predicted molar refractivity (Wildman–Crippen MR) is 155 cm³/mol. The standard InChI is InChI=1S/C29H26NO.C5H8O2.Ir/c1-18-14-24-23-6-4-5-7-26(23)31-28(24)25(15-18)27-22-9-8-19(16-20(22)11-13-30-27)21-10-12-29(2,3)17-21;1-4(6)3-5(2)7;/h4-9,11,13-14,16,21H,10,12,17H2,1-3H3;3,6H,1-2H3;/q-1;;/b;4-3-;. The van der Waals surface area contributed by atoms with E-state index in [0.717, 1.165) is 44.1 Å². The van der Waals surface area contributed by atoms with Crippen molar-refractivity contribution in [1.29, 1.82) is 0 Å². The first kappa shape index (κ1) is 28.7. The fourth-order valence-corrected chi connectivity index (χ4v) is 5.73. The first-order chi connectivity index (χ1) is 18.1. The van der Waals surface area contributed by atoms with Gasteiger partial charge in [0, 0.05) is 37.8 Å². The van der Waals surface area contributed by atoms with Crippen molar-refractivity contribution >= 4 is 38.5 Å². The third-order valence-electron chi connectivity index (χ3n) is 7.42. The maximum Gasteiger partial charge on any atom is 0.155 e. The van der Waals surface area contributed by atoms with Crippen LogP contribution in [0.3, 0.4) is 0 Å². The number of carbonyl (C=O) groups is 1. The maximum absolute atomic E-state index is 10.0. The Labute approximate surface area is 243 Å². The monoisotopic (exact) mass is 697 g/mol. The number of hydrogen-bond donors (Lipinski definition) is 1. The van der Waals surface area contributed by atoms with Crippen LogP contribution in [0, 0.1) is 18.4 Å². The van der Waals surface area contributed by atoms with Gasteiger partial charge in [-0.15, -0.1) is 17.7 Å². The molecule has 2 heterocycles. The maximum atomic E-state index is 10.0. The molecule has 1 N–H and O–H groups in total. The number of aliphatic hydroxyl groups excluding tert-OH is 1. The largest absolute Gasteiger partial charge is 0.512 e. The summed E-state index contributed by atoms with van der Waals surface area (Å²) < 4.78 is 6.30. The van der Waals surface area contributed by atoms with Crippen LogP contribution in [-0.2, 0) is 24.9 Å². The number of nitrogens with zero attached hydrogens (tertiary/aromatic N) is 1. The Morgan fingerprint density at radius 2 is 1.85 bits per heavy atom. The molecular formula is C34H34IrNO3-. The first-order valence-electron chi connectivity index (χ1n) is 13.2. The Morgan fingerprint density at radius 1 is 1.08 bits per heavy atom. The molecule has 1 unspecified atom stereocenters. The Morgan fingerprint density at radius 3 is 2.51 bits per heavy atom. The number of carbonyl (C=O) groups excluding carboxylic acids is 1. The summed E-state index contributed by atoms with van der Waals surface area (Å²) in [7, 11) is 0. The average Bonchev–Trinajstić information content (AvgIpc) is 3.42. The van der Waals surface area contributed by atoms with Crippen molar-refractivity contribution < 1.29 is 34.4 Å². The summed E-state index contributed by atoms with van der Waals surface area (Å²) in [6, 6.07) is 23.0. The SMILES string of the molecule is CC(=O)/C=C(/C)O.Cc1[c-]c(-c2nccc3cc(C4CCC(C)(C)C4)ccc23)c2oc3ccccc3c2c1.[Ir]. The molecule has 203 valence electrons. The normalized spacial score (nSPS) is 16.6. The average molecular weight is 697 g/mol. The summed E-state index contributed by atoms with van der Waals surface area (Å²) in [6.07, 6.45) is 6.94. The molecule has 0 amide bonds.